The molecular formula is C15H10BrF3N2. The molecule has 108 valence electrons. The second kappa shape index (κ2) is 5.18. The summed E-state index contributed by atoms with van der Waals surface area (Å²) in [6.07, 6.45) is -0.708. The fraction of sp³-hybridized carbons (Fsp3) is 0.133. The number of fused-ring (bicyclic) bond motifs is 1. The van der Waals surface area contributed by atoms with Crippen molar-refractivity contribution < 1.29 is 13.2 Å². The van der Waals surface area contributed by atoms with Crippen molar-refractivity contribution in [3.8, 4) is 0 Å². The number of hydrogen-bond donors (Lipinski definition) is 0. The molecule has 0 saturated carbocycles. The van der Waals surface area contributed by atoms with Crippen molar-refractivity contribution in [2.24, 2.45) is 0 Å². The molecule has 0 atom stereocenters. The zero-order valence-corrected chi connectivity index (χ0v) is 12.3. The van der Waals surface area contributed by atoms with Crippen LogP contribution in [-0.4, -0.2) is 9.55 Å². The van der Waals surface area contributed by atoms with E-state index in [1.165, 1.54) is 12.1 Å². The third kappa shape index (κ3) is 2.95. The van der Waals surface area contributed by atoms with Gasteiger partial charge >= 0.3 is 6.18 Å². The maximum absolute atomic E-state index is 12.5. The van der Waals surface area contributed by atoms with Crippen molar-refractivity contribution in [2.75, 3.05) is 0 Å². The lowest BCUT2D eigenvalue weighted by molar-refractivity contribution is -0.137. The zero-order valence-electron chi connectivity index (χ0n) is 10.7. The number of benzene rings is 1. The molecule has 0 bridgehead atoms. The molecule has 2 heterocycles. The van der Waals surface area contributed by atoms with Crippen LogP contribution in [0.5, 0.6) is 0 Å². The van der Waals surface area contributed by atoms with E-state index in [4.69, 9.17) is 0 Å². The van der Waals surface area contributed by atoms with E-state index in [0.29, 0.717) is 6.54 Å². The fourth-order valence-electron chi connectivity index (χ4n) is 2.17. The summed E-state index contributed by atoms with van der Waals surface area (Å²) in [5.41, 5.74) is 1.96. The van der Waals surface area contributed by atoms with Gasteiger partial charge in [-0.25, -0.2) is 0 Å². The second-order valence-corrected chi connectivity index (χ2v) is 5.61. The molecular weight excluding hydrogens is 345 g/mol. The molecule has 21 heavy (non-hydrogen) atoms. The number of rotatable bonds is 2. The van der Waals surface area contributed by atoms with Gasteiger partial charge < -0.3 is 4.57 Å². The molecule has 2 aromatic heterocycles. The van der Waals surface area contributed by atoms with Gasteiger partial charge in [0, 0.05) is 23.4 Å². The molecule has 0 aliphatic heterocycles. The Morgan fingerprint density at radius 3 is 2.48 bits per heavy atom. The summed E-state index contributed by atoms with van der Waals surface area (Å²) >= 11 is 3.37. The Morgan fingerprint density at radius 1 is 1.10 bits per heavy atom. The highest BCUT2D eigenvalue weighted by atomic mass is 79.9. The van der Waals surface area contributed by atoms with Gasteiger partial charge in [0.2, 0.25) is 0 Å². The van der Waals surface area contributed by atoms with Crippen LogP contribution in [0.1, 0.15) is 11.1 Å². The van der Waals surface area contributed by atoms with Gasteiger partial charge in [-0.3, -0.25) is 4.98 Å². The van der Waals surface area contributed by atoms with E-state index in [2.05, 4.69) is 20.9 Å². The Kier molecular flexibility index (Phi) is 3.49. The van der Waals surface area contributed by atoms with Gasteiger partial charge in [-0.15, -0.1) is 0 Å². The third-order valence-electron chi connectivity index (χ3n) is 3.22. The van der Waals surface area contributed by atoms with Crippen molar-refractivity contribution in [3.63, 3.8) is 0 Å². The van der Waals surface area contributed by atoms with Crippen molar-refractivity contribution in [1.82, 2.24) is 9.55 Å². The smallest absolute Gasteiger partial charge is 0.342 e. The summed E-state index contributed by atoms with van der Waals surface area (Å²) < 4.78 is 40.4. The van der Waals surface area contributed by atoms with Crippen LogP contribution < -0.4 is 0 Å². The van der Waals surface area contributed by atoms with Crippen molar-refractivity contribution in [1.29, 1.82) is 0 Å². The van der Waals surface area contributed by atoms with Crippen molar-refractivity contribution in [2.45, 2.75) is 12.7 Å². The van der Waals surface area contributed by atoms with Gasteiger partial charge in [-0.05, 0) is 45.8 Å². The maximum Gasteiger partial charge on any atom is 0.416 e. The molecule has 0 fully saturated rings. The Hall–Kier alpha value is -1.82. The maximum atomic E-state index is 12.5. The molecule has 0 aliphatic carbocycles. The topological polar surface area (TPSA) is 17.8 Å². The molecule has 0 aliphatic rings. The van der Waals surface area contributed by atoms with Crippen LogP contribution in [0, 0.1) is 0 Å². The van der Waals surface area contributed by atoms with Crippen LogP contribution in [0.3, 0.4) is 0 Å². The summed E-state index contributed by atoms with van der Waals surface area (Å²) in [5.74, 6) is 0. The largest absolute Gasteiger partial charge is 0.416 e. The van der Waals surface area contributed by atoms with E-state index >= 15 is 0 Å². The highest BCUT2D eigenvalue weighted by molar-refractivity contribution is 9.10. The first-order valence-electron chi connectivity index (χ1n) is 6.20. The molecule has 1 aromatic carbocycles. The first kappa shape index (κ1) is 14.1. The molecule has 0 amide bonds. The first-order chi connectivity index (χ1) is 9.93. The Bertz CT molecular complexity index is 776. The van der Waals surface area contributed by atoms with Crippen LogP contribution >= 0.6 is 15.9 Å². The van der Waals surface area contributed by atoms with E-state index in [0.717, 1.165) is 33.2 Å². The normalized spacial score (nSPS) is 12.0. The molecule has 0 radical (unpaired) electrons. The summed E-state index contributed by atoms with van der Waals surface area (Å²) in [6, 6.07) is 9.03. The van der Waals surface area contributed by atoms with E-state index in [-0.39, 0.29) is 0 Å². The average molecular weight is 355 g/mol. The van der Waals surface area contributed by atoms with E-state index in [9.17, 15) is 13.2 Å². The molecule has 0 saturated heterocycles. The molecule has 0 spiro atoms. The van der Waals surface area contributed by atoms with Crippen molar-refractivity contribution >= 4 is 27.0 Å². The van der Waals surface area contributed by atoms with E-state index in [1.807, 2.05) is 22.9 Å². The number of aromatic nitrogens is 2. The molecule has 3 rings (SSSR count). The standard InChI is InChI=1S/C15H10BrF3N2/c16-12-7-14-13(20-8-12)5-6-21(14)9-10-1-3-11(4-2-10)15(17,18)19/h1-8H,9H2. The summed E-state index contributed by atoms with van der Waals surface area (Å²) in [6.45, 7) is 0.500. The van der Waals surface area contributed by atoms with Crippen LogP contribution in [0.2, 0.25) is 0 Å². The Labute approximate surface area is 127 Å². The third-order valence-corrected chi connectivity index (χ3v) is 3.65. The highest BCUT2D eigenvalue weighted by Gasteiger charge is 2.29. The quantitative estimate of drug-likeness (QED) is 0.642. The molecule has 0 unspecified atom stereocenters. The predicted octanol–water partition coefficient (Wildman–Crippen LogP) is 4.87. The van der Waals surface area contributed by atoms with Crippen LogP contribution in [0.25, 0.3) is 11.0 Å². The predicted molar refractivity (Wildman–Crippen MR) is 78.0 cm³/mol. The SMILES string of the molecule is FC(F)(F)c1ccc(Cn2ccc3ncc(Br)cc32)cc1. The molecule has 6 heteroatoms. The van der Waals surface area contributed by atoms with E-state index < -0.39 is 11.7 Å². The highest BCUT2D eigenvalue weighted by Crippen LogP contribution is 2.29. The number of pyridine rings is 1. The fourth-order valence-corrected chi connectivity index (χ4v) is 2.49. The minimum Gasteiger partial charge on any atom is -0.342 e. The lowest BCUT2D eigenvalue weighted by atomic mass is 10.1. The second-order valence-electron chi connectivity index (χ2n) is 4.70. The van der Waals surface area contributed by atoms with Gasteiger partial charge in [-0.2, -0.15) is 13.2 Å². The minimum absolute atomic E-state index is 0.500. The zero-order chi connectivity index (χ0) is 15.0. The van der Waals surface area contributed by atoms with Gasteiger partial charge in [0.15, 0.2) is 0 Å². The van der Waals surface area contributed by atoms with Crippen LogP contribution in [-0.2, 0) is 12.7 Å². The van der Waals surface area contributed by atoms with Crippen LogP contribution in [0.4, 0.5) is 13.2 Å². The van der Waals surface area contributed by atoms with Gasteiger partial charge in [0.05, 0.1) is 16.6 Å². The Balaban J connectivity index is 1.90. The van der Waals surface area contributed by atoms with Gasteiger partial charge in [0.1, 0.15) is 0 Å². The minimum atomic E-state index is -4.30. The summed E-state index contributed by atoms with van der Waals surface area (Å²) in [4.78, 5) is 4.27. The van der Waals surface area contributed by atoms with Gasteiger partial charge in [-0.1, -0.05) is 12.1 Å². The number of nitrogens with zero attached hydrogens (tertiary/aromatic N) is 2. The summed E-state index contributed by atoms with van der Waals surface area (Å²) in [5, 5.41) is 0. The summed E-state index contributed by atoms with van der Waals surface area (Å²) in [7, 11) is 0. The van der Waals surface area contributed by atoms with Crippen molar-refractivity contribution in [3.05, 3.63) is 64.4 Å². The van der Waals surface area contributed by atoms with Gasteiger partial charge in [0.25, 0.3) is 0 Å². The lowest BCUT2D eigenvalue weighted by Gasteiger charge is -2.09. The number of hydrogen-bond acceptors (Lipinski definition) is 1. The van der Waals surface area contributed by atoms with Crippen LogP contribution in [0.15, 0.2) is 53.3 Å². The Morgan fingerprint density at radius 2 is 1.81 bits per heavy atom. The molecule has 2 nitrogen and oxygen atoms in total. The monoisotopic (exact) mass is 354 g/mol. The van der Waals surface area contributed by atoms with E-state index in [1.54, 1.807) is 6.20 Å². The number of halogens is 4. The number of alkyl halides is 3. The molecule has 0 N–H and O–H groups in total. The first-order valence-corrected chi connectivity index (χ1v) is 6.99. The average Bonchev–Trinajstić information content (AvgIpc) is 2.81. The molecule has 3 aromatic rings. The lowest BCUT2D eigenvalue weighted by Crippen LogP contribution is -2.05.